The number of rotatable bonds is 7. The van der Waals surface area contributed by atoms with E-state index in [2.05, 4.69) is 17.4 Å². The quantitative estimate of drug-likeness (QED) is 0.648. The molecular formula is C26H30N2O6. The van der Waals surface area contributed by atoms with Gasteiger partial charge in [0.15, 0.2) is 0 Å². The monoisotopic (exact) mass is 466 g/mol. The van der Waals surface area contributed by atoms with E-state index in [0.29, 0.717) is 19.4 Å². The molecule has 0 radical (unpaired) electrons. The number of hydrogen-bond donors (Lipinski definition) is 2. The molecule has 1 aliphatic carbocycles. The molecule has 1 aliphatic heterocycles. The Morgan fingerprint density at radius 1 is 1.06 bits per heavy atom. The Bertz CT molecular complexity index is 1030. The third kappa shape index (κ3) is 4.63. The Morgan fingerprint density at radius 3 is 2.26 bits per heavy atom. The molecule has 34 heavy (non-hydrogen) atoms. The van der Waals surface area contributed by atoms with E-state index in [1.54, 1.807) is 6.92 Å². The Balaban J connectivity index is 1.46. The Hall–Kier alpha value is -3.39. The maximum absolute atomic E-state index is 13.2. The Kier molecular flexibility index (Phi) is 7.17. The summed E-state index contributed by atoms with van der Waals surface area (Å²) < 4.78 is 10.9. The number of nitrogens with one attached hydrogen (secondary N) is 1. The number of piperidine rings is 1. The third-order valence-corrected chi connectivity index (χ3v) is 6.80. The van der Waals surface area contributed by atoms with Crippen molar-refractivity contribution in [3.8, 4) is 11.1 Å². The number of benzene rings is 2. The summed E-state index contributed by atoms with van der Waals surface area (Å²) in [5.41, 5.74) is 4.43. The first kappa shape index (κ1) is 23.8. The number of carbonyl (C=O) groups is 3. The molecule has 1 fully saturated rings. The summed E-state index contributed by atoms with van der Waals surface area (Å²) in [5, 5.41) is 12.2. The number of likely N-dealkylation sites (tertiary alicyclic amines) is 1. The van der Waals surface area contributed by atoms with Crippen molar-refractivity contribution in [1.29, 1.82) is 0 Å². The van der Waals surface area contributed by atoms with Gasteiger partial charge in [-0.2, -0.15) is 0 Å². The molecular weight excluding hydrogens is 436 g/mol. The van der Waals surface area contributed by atoms with Crippen LogP contribution in [0.4, 0.5) is 4.79 Å². The number of fused-ring (bicyclic) bond motifs is 3. The van der Waals surface area contributed by atoms with Crippen LogP contribution in [0.25, 0.3) is 11.1 Å². The molecule has 2 amide bonds. The Labute approximate surface area is 198 Å². The highest BCUT2D eigenvalue weighted by atomic mass is 16.5. The molecule has 0 saturated carbocycles. The number of aliphatic carboxylic acids is 1. The fraction of sp³-hybridized carbons (Fsp3) is 0.423. The van der Waals surface area contributed by atoms with Gasteiger partial charge in [0.2, 0.25) is 5.91 Å². The zero-order chi connectivity index (χ0) is 24.2. The molecule has 8 heteroatoms. The van der Waals surface area contributed by atoms with Crippen molar-refractivity contribution in [2.75, 3.05) is 20.3 Å². The normalized spacial score (nSPS) is 19.0. The van der Waals surface area contributed by atoms with E-state index < -0.39 is 36.2 Å². The van der Waals surface area contributed by atoms with Gasteiger partial charge in [-0.25, -0.2) is 9.59 Å². The van der Waals surface area contributed by atoms with Crippen molar-refractivity contribution < 1.29 is 29.0 Å². The third-order valence-electron chi connectivity index (χ3n) is 6.80. The number of carbonyl (C=O) groups excluding carboxylic acids is 2. The molecule has 2 N–H and O–H groups in total. The average Bonchev–Trinajstić information content (AvgIpc) is 3.18. The van der Waals surface area contributed by atoms with Crippen molar-refractivity contribution in [3.63, 3.8) is 0 Å². The van der Waals surface area contributed by atoms with E-state index in [0.717, 1.165) is 28.7 Å². The summed E-state index contributed by atoms with van der Waals surface area (Å²) in [5.74, 6) is -1.63. The molecule has 1 heterocycles. The number of amides is 2. The van der Waals surface area contributed by atoms with Gasteiger partial charge in [-0.05, 0) is 48.4 Å². The lowest BCUT2D eigenvalue weighted by Gasteiger charge is -2.36. The van der Waals surface area contributed by atoms with E-state index >= 15 is 0 Å². The fourth-order valence-electron chi connectivity index (χ4n) is 4.91. The number of nitrogens with zero attached hydrogens (tertiary/aromatic N) is 1. The number of methoxy groups -OCH3 is 1. The number of carboxylic acids is 1. The molecule has 4 rings (SSSR count). The molecule has 0 unspecified atom stereocenters. The first-order valence-electron chi connectivity index (χ1n) is 11.6. The van der Waals surface area contributed by atoms with Crippen molar-refractivity contribution in [3.05, 3.63) is 59.7 Å². The van der Waals surface area contributed by atoms with Crippen LogP contribution in [-0.2, 0) is 19.1 Å². The molecule has 1 saturated heterocycles. The molecule has 180 valence electrons. The highest BCUT2D eigenvalue weighted by Crippen LogP contribution is 2.44. The van der Waals surface area contributed by atoms with Gasteiger partial charge in [-0.3, -0.25) is 4.79 Å². The number of carboxylic acid groups (broad SMARTS) is 1. The molecule has 2 aromatic rings. The minimum absolute atomic E-state index is 0.106. The van der Waals surface area contributed by atoms with Gasteiger partial charge in [0.1, 0.15) is 18.7 Å². The number of hydrogen-bond acceptors (Lipinski definition) is 5. The average molecular weight is 467 g/mol. The molecule has 0 bridgehead atoms. The smallest absolute Gasteiger partial charge is 0.407 e. The van der Waals surface area contributed by atoms with Crippen molar-refractivity contribution in [2.24, 2.45) is 0 Å². The lowest BCUT2D eigenvalue weighted by atomic mass is 9.98. The van der Waals surface area contributed by atoms with Gasteiger partial charge in [-0.15, -0.1) is 0 Å². The van der Waals surface area contributed by atoms with E-state index in [1.807, 2.05) is 36.4 Å². The van der Waals surface area contributed by atoms with Crippen molar-refractivity contribution in [2.45, 2.75) is 50.3 Å². The second-order valence-corrected chi connectivity index (χ2v) is 8.77. The number of alkyl carbamates (subject to hydrolysis) is 1. The predicted molar refractivity (Wildman–Crippen MR) is 125 cm³/mol. The molecule has 2 aliphatic rings. The predicted octanol–water partition coefficient (Wildman–Crippen LogP) is 3.39. The SMILES string of the molecule is CO[C@H](C)[C@H](NC(=O)OCC1c2ccccc2-c2ccccc21)C(=O)N1CCCC[C@H]1C(=O)O. The van der Waals surface area contributed by atoms with E-state index in [4.69, 9.17) is 9.47 Å². The minimum Gasteiger partial charge on any atom is -0.480 e. The summed E-state index contributed by atoms with van der Waals surface area (Å²) in [6, 6.07) is 14.1. The van der Waals surface area contributed by atoms with Gasteiger partial charge >= 0.3 is 12.1 Å². The first-order valence-corrected chi connectivity index (χ1v) is 11.6. The lowest BCUT2D eigenvalue weighted by Crippen LogP contribution is -2.59. The summed E-state index contributed by atoms with van der Waals surface area (Å²) in [4.78, 5) is 39.0. The zero-order valence-electron chi connectivity index (χ0n) is 19.4. The minimum atomic E-state index is -1.05. The fourth-order valence-corrected chi connectivity index (χ4v) is 4.91. The van der Waals surface area contributed by atoms with Gasteiger partial charge in [0, 0.05) is 19.6 Å². The van der Waals surface area contributed by atoms with Crippen LogP contribution in [0, 0.1) is 0 Å². The lowest BCUT2D eigenvalue weighted by molar-refractivity contribution is -0.154. The standard InChI is InChI=1S/C26H30N2O6/c1-16(33-2)23(24(29)28-14-8-7-13-22(28)25(30)31)27-26(32)34-15-21-19-11-5-3-9-17(19)18-10-4-6-12-20(18)21/h3-6,9-12,16,21-23H,7-8,13-15H2,1-2H3,(H,27,32)(H,30,31)/t16-,22+,23+/m1/s1. The highest BCUT2D eigenvalue weighted by molar-refractivity contribution is 5.90. The highest BCUT2D eigenvalue weighted by Gasteiger charge is 2.39. The summed E-state index contributed by atoms with van der Waals surface area (Å²) >= 11 is 0. The maximum Gasteiger partial charge on any atom is 0.407 e. The maximum atomic E-state index is 13.2. The molecule has 3 atom stereocenters. The van der Waals surface area contributed by atoms with E-state index in [9.17, 15) is 19.5 Å². The second-order valence-electron chi connectivity index (χ2n) is 8.77. The van der Waals surface area contributed by atoms with E-state index in [-0.39, 0.29) is 12.5 Å². The van der Waals surface area contributed by atoms with Crippen LogP contribution < -0.4 is 5.32 Å². The molecule has 8 nitrogen and oxygen atoms in total. The van der Waals surface area contributed by atoms with Gasteiger partial charge < -0.3 is 24.8 Å². The van der Waals surface area contributed by atoms with Crippen LogP contribution in [0.1, 0.15) is 43.2 Å². The number of ether oxygens (including phenoxy) is 2. The topological polar surface area (TPSA) is 105 Å². The van der Waals surface area contributed by atoms with Crippen molar-refractivity contribution >= 4 is 18.0 Å². The molecule has 0 aromatic heterocycles. The zero-order valence-corrected chi connectivity index (χ0v) is 19.4. The van der Waals surface area contributed by atoms with Crippen LogP contribution in [0.2, 0.25) is 0 Å². The van der Waals surface area contributed by atoms with E-state index in [1.165, 1.54) is 12.0 Å². The second kappa shape index (κ2) is 10.3. The van der Waals surface area contributed by atoms with Gasteiger partial charge in [-0.1, -0.05) is 48.5 Å². The van der Waals surface area contributed by atoms with Crippen LogP contribution in [0.15, 0.2) is 48.5 Å². The summed E-state index contributed by atoms with van der Waals surface area (Å²) in [7, 11) is 1.44. The van der Waals surface area contributed by atoms with Gasteiger partial charge in [0.05, 0.1) is 6.10 Å². The van der Waals surface area contributed by atoms with Gasteiger partial charge in [0.25, 0.3) is 0 Å². The largest absolute Gasteiger partial charge is 0.480 e. The Morgan fingerprint density at radius 2 is 1.68 bits per heavy atom. The summed E-state index contributed by atoms with van der Waals surface area (Å²) in [6.07, 6.45) is 0.442. The molecule has 2 aromatic carbocycles. The van der Waals surface area contributed by atoms with Crippen LogP contribution in [0.3, 0.4) is 0 Å². The van der Waals surface area contributed by atoms with Crippen LogP contribution in [-0.4, -0.2) is 66.4 Å². The first-order chi connectivity index (χ1) is 16.4. The summed E-state index contributed by atoms with van der Waals surface area (Å²) in [6.45, 7) is 2.10. The van der Waals surface area contributed by atoms with Crippen LogP contribution >= 0.6 is 0 Å². The van der Waals surface area contributed by atoms with Crippen LogP contribution in [0.5, 0.6) is 0 Å². The molecule has 0 spiro atoms. The van der Waals surface area contributed by atoms with Crippen molar-refractivity contribution in [1.82, 2.24) is 10.2 Å².